The van der Waals surface area contributed by atoms with Crippen LogP contribution in [0, 0.1) is 30.3 Å². The molecule has 3 N–H and O–H groups in total. The topological polar surface area (TPSA) is 125 Å². The van der Waals surface area contributed by atoms with Gasteiger partial charge >= 0.3 is 12.0 Å². The third kappa shape index (κ3) is 4.39. The number of hydrogen-bond acceptors (Lipinski definition) is 8. The highest BCUT2D eigenvalue weighted by Gasteiger charge is 2.53. The van der Waals surface area contributed by atoms with Gasteiger partial charge in [0.2, 0.25) is 0 Å². The van der Waals surface area contributed by atoms with Crippen LogP contribution in [0.5, 0.6) is 0 Å². The Hall–Kier alpha value is -2.77. The number of hydrogen-bond donors (Lipinski definition) is 2. The SMILES string of the molecule is C#C[C@]1(CO)OC[C@@H](n2cnc3c(N)nc(F)nc32)[C@@H]1OC(=O)[C@H]1CC[C@H](CCCC)CC1. The van der Waals surface area contributed by atoms with Crippen molar-refractivity contribution in [2.75, 3.05) is 18.9 Å². The molecule has 2 aromatic rings. The molecule has 1 aliphatic carbocycles. The zero-order chi connectivity index (χ0) is 23.6. The number of nitrogens with two attached hydrogens (primary N) is 1. The maximum Gasteiger partial charge on any atom is 0.312 e. The smallest absolute Gasteiger partial charge is 0.312 e. The average Bonchev–Trinajstić information content (AvgIpc) is 3.39. The van der Waals surface area contributed by atoms with Crippen molar-refractivity contribution >= 4 is 23.0 Å². The number of aliphatic hydroxyl groups excluding tert-OH is 1. The van der Waals surface area contributed by atoms with Crippen molar-refractivity contribution in [3.8, 4) is 12.3 Å². The molecule has 0 amide bonds. The minimum Gasteiger partial charge on any atom is -0.456 e. The van der Waals surface area contributed by atoms with E-state index in [2.05, 4.69) is 27.8 Å². The van der Waals surface area contributed by atoms with Crippen LogP contribution < -0.4 is 5.73 Å². The van der Waals surface area contributed by atoms with Crippen molar-refractivity contribution in [1.29, 1.82) is 0 Å². The largest absolute Gasteiger partial charge is 0.456 e. The summed E-state index contributed by atoms with van der Waals surface area (Å²) in [6.07, 6.45) is 12.2. The zero-order valence-corrected chi connectivity index (χ0v) is 18.7. The minimum absolute atomic E-state index is 0.0173. The normalized spacial score (nSPS) is 29.8. The Morgan fingerprint density at radius 3 is 2.85 bits per heavy atom. The predicted molar refractivity (Wildman–Crippen MR) is 118 cm³/mol. The summed E-state index contributed by atoms with van der Waals surface area (Å²) in [7, 11) is 0. The summed E-state index contributed by atoms with van der Waals surface area (Å²) in [6, 6.07) is -0.670. The maximum atomic E-state index is 13.9. The van der Waals surface area contributed by atoms with Crippen molar-refractivity contribution in [2.24, 2.45) is 11.8 Å². The molecule has 0 aromatic carbocycles. The number of imidazole rings is 1. The summed E-state index contributed by atoms with van der Waals surface area (Å²) in [4.78, 5) is 24.6. The Kier molecular flexibility index (Phi) is 6.81. The van der Waals surface area contributed by atoms with Crippen molar-refractivity contribution in [3.63, 3.8) is 0 Å². The number of anilines is 1. The Morgan fingerprint density at radius 1 is 1.42 bits per heavy atom. The second-order valence-electron chi connectivity index (χ2n) is 8.99. The first-order valence-electron chi connectivity index (χ1n) is 11.5. The molecule has 178 valence electrons. The number of halogens is 1. The van der Waals surface area contributed by atoms with E-state index in [0.717, 1.165) is 25.7 Å². The van der Waals surface area contributed by atoms with E-state index in [9.17, 15) is 14.3 Å². The van der Waals surface area contributed by atoms with Crippen molar-refractivity contribution in [3.05, 3.63) is 12.4 Å². The number of ether oxygens (including phenoxy) is 2. The van der Waals surface area contributed by atoms with Crippen LogP contribution in [-0.2, 0) is 14.3 Å². The lowest BCUT2D eigenvalue weighted by Crippen LogP contribution is -2.47. The second-order valence-corrected chi connectivity index (χ2v) is 8.99. The van der Waals surface area contributed by atoms with Crippen molar-refractivity contribution in [2.45, 2.75) is 69.6 Å². The molecule has 0 radical (unpaired) electrons. The molecule has 2 aliphatic rings. The third-order valence-corrected chi connectivity index (χ3v) is 6.97. The highest BCUT2D eigenvalue weighted by molar-refractivity contribution is 5.81. The van der Waals surface area contributed by atoms with Gasteiger partial charge in [-0.3, -0.25) is 4.79 Å². The molecule has 0 bridgehead atoms. The summed E-state index contributed by atoms with van der Waals surface area (Å²) in [5.74, 6) is 2.42. The Morgan fingerprint density at radius 2 is 2.18 bits per heavy atom. The molecule has 4 rings (SSSR count). The first-order valence-corrected chi connectivity index (χ1v) is 11.5. The Balaban J connectivity index is 1.56. The van der Waals surface area contributed by atoms with Gasteiger partial charge in [0.05, 0.1) is 25.5 Å². The highest BCUT2D eigenvalue weighted by Crippen LogP contribution is 2.39. The molecule has 3 atom stereocenters. The third-order valence-electron chi connectivity index (χ3n) is 6.97. The van der Waals surface area contributed by atoms with Crippen LogP contribution in [-0.4, -0.2) is 55.5 Å². The molecule has 1 saturated heterocycles. The van der Waals surface area contributed by atoms with Crippen LogP contribution in [0.15, 0.2) is 6.33 Å². The molecule has 0 spiro atoms. The molecule has 10 heteroatoms. The number of nitrogens with zero attached hydrogens (tertiary/aromatic N) is 4. The van der Waals surface area contributed by atoms with E-state index in [1.807, 2.05) is 0 Å². The van der Waals surface area contributed by atoms with Gasteiger partial charge in [-0.05, 0) is 31.6 Å². The number of unbranched alkanes of at least 4 members (excludes halogenated alkanes) is 1. The molecule has 3 heterocycles. The van der Waals surface area contributed by atoms with Gasteiger partial charge in [0.25, 0.3) is 0 Å². The van der Waals surface area contributed by atoms with E-state index in [1.165, 1.54) is 30.2 Å². The molecule has 1 saturated carbocycles. The van der Waals surface area contributed by atoms with E-state index in [4.69, 9.17) is 21.6 Å². The van der Waals surface area contributed by atoms with Crippen LogP contribution in [0.1, 0.15) is 57.9 Å². The minimum atomic E-state index is -1.52. The number of terminal acetylenes is 1. The van der Waals surface area contributed by atoms with E-state index in [0.29, 0.717) is 5.92 Å². The molecular weight excluding hydrogens is 429 g/mol. The van der Waals surface area contributed by atoms with Gasteiger partial charge in [-0.1, -0.05) is 32.1 Å². The van der Waals surface area contributed by atoms with E-state index < -0.39 is 30.4 Å². The predicted octanol–water partition coefficient (Wildman–Crippen LogP) is 2.39. The van der Waals surface area contributed by atoms with Crippen LogP contribution in [0.3, 0.4) is 0 Å². The summed E-state index contributed by atoms with van der Waals surface area (Å²) in [6.45, 7) is 1.66. The fourth-order valence-electron chi connectivity index (χ4n) is 4.97. The van der Waals surface area contributed by atoms with Crippen LogP contribution in [0.25, 0.3) is 11.2 Å². The van der Waals surface area contributed by atoms with E-state index >= 15 is 0 Å². The average molecular weight is 460 g/mol. The lowest BCUT2D eigenvalue weighted by atomic mass is 9.80. The van der Waals surface area contributed by atoms with Gasteiger partial charge in [-0.2, -0.15) is 14.4 Å². The zero-order valence-electron chi connectivity index (χ0n) is 18.7. The quantitative estimate of drug-likeness (QED) is 0.367. The van der Waals surface area contributed by atoms with Crippen molar-refractivity contribution in [1.82, 2.24) is 19.5 Å². The van der Waals surface area contributed by atoms with Crippen LogP contribution >= 0.6 is 0 Å². The standard InChI is InChI=1S/C23H30FN5O4/c1-3-5-6-14-7-9-15(10-8-14)21(31)33-18-16(11-32-23(18,4-2)12-30)29-13-26-17-19(25)27-22(24)28-20(17)29/h2,13-16,18,30H,3,5-12H2,1H3,(H2,25,27,28)/t14-,15-,16-,18+,23-/m1/s1. The van der Waals surface area contributed by atoms with Gasteiger partial charge in [-0.15, -0.1) is 6.42 Å². The molecule has 9 nitrogen and oxygen atoms in total. The molecule has 2 fully saturated rings. The van der Waals surface area contributed by atoms with Crippen LogP contribution in [0.4, 0.5) is 10.2 Å². The lowest BCUT2D eigenvalue weighted by Gasteiger charge is -2.32. The van der Waals surface area contributed by atoms with Crippen LogP contribution in [0.2, 0.25) is 0 Å². The van der Waals surface area contributed by atoms with Crippen molar-refractivity contribution < 1.29 is 23.8 Å². The summed E-state index contributed by atoms with van der Waals surface area (Å²) in [5, 5.41) is 10.1. The number of rotatable bonds is 7. The number of aliphatic hydroxyl groups is 1. The van der Waals surface area contributed by atoms with Gasteiger partial charge in [0.15, 0.2) is 23.2 Å². The number of carbonyl (C=O) groups is 1. The highest BCUT2D eigenvalue weighted by atomic mass is 19.1. The second kappa shape index (κ2) is 9.61. The molecule has 2 aromatic heterocycles. The Labute approximate surface area is 191 Å². The number of esters is 1. The summed E-state index contributed by atoms with van der Waals surface area (Å²) in [5.41, 5.74) is 4.60. The number of aromatic nitrogens is 4. The monoisotopic (exact) mass is 459 g/mol. The van der Waals surface area contributed by atoms with Gasteiger partial charge in [0.1, 0.15) is 11.6 Å². The summed E-state index contributed by atoms with van der Waals surface area (Å²) >= 11 is 0. The Bertz CT molecular complexity index is 1050. The molecule has 33 heavy (non-hydrogen) atoms. The first kappa shape index (κ1) is 23.4. The van der Waals surface area contributed by atoms with Gasteiger partial charge in [0, 0.05) is 0 Å². The maximum absolute atomic E-state index is 13.9. The van der Waals surface area contributed by atoms with E-state index in [1.54, 1.807) is 0 Å². The number of carbonyl (C=O) groups excluding carboxylic acids is 1. The molecule has 0 unspecified atom stereocenters. The fourth-order valence-corrected chi connectivity index (χ4v) is 4.97. The lowest BCUT2D eigenvalue weighted by molar-refractivity contribution is -0.164. The number of fused-ring (bicyclic) bond motifs is 1. The molecule has 1 aliphatic heterocycles. The van der Waals surface area contributed by atoms with Gasteiger partial charge in [-0.25, -0.2) is 4.98 Å². The number of nitrogen functional groups attached to an aromatic ring is 1. The summed E-state index contributed by atoms with van der Waals surface area (Å²) < 4.78 is 27.1. The fraction of sp³-hybridized carbons (Fsp3) is 0.652. The first-order chi connectivity index (χ1) is 15.9. The van der Waals surface area contributed by atoms with Gasteiger partial charge < -0.3 is 24.9 Å². The van der Waals surface area contributed by atoms with E-state index in [-0.39, 0.29) is 35.5 Å². The molecular formula is C23H30FN5O4.